The van der Waals surface area contributed by atoms with Crippen molar-refractivity contribution >= 4 is 46.0 Å². The summed E-state index contributed by atoms with van der Waals surface area (Å²) in [5.74, 6) is 0.303. The van der Waals surface area contributed by atoms with Gasteiger partial charge in [0.05, 0.1) is 29.5 Å². The van der Waals surface area contributed by atoms with Crippen molar-refractivity contribution < 1.29 is 19.1 Å². The summed E-state index contributed by atoms with van der Waals surface area (Å²) in [7, 11) is 1.59. The Morgan fingerprint density at radius 3 is 2.53 bits per heavy atom. The number of carbonyl (C=O) groups excluding carboxylic acids is 2. The number of esters is 1. The Morgan fingerprint density at radius 2 is 1.84 bits per heavy atom. The third-order valence-electron chi connectivity index (χ3n) is 7.11. The zero-order valence-electron chi connectivity index (χ0n) is 22.1. The number of halogens is 2. The maximum absolute atomic E-state index is 13.1. The van der Waals surface area contributed by atoms with Crippen molar-refractivity contribution in [1.29, 1.82) is 0 Å². The van der Waals surface area contributed by atoms with Crippen molar-refractivity contribution in [2.24, 2.45) is 0 Å². The van der Waals surface area contributed by atoms with E-state index in [0.717, 1.165) is 67.4 Å². The van der Waals surface area contributed by atoms with Crippen LogP contribution in [0, 0.1) is 0 Å². The van der Waals surface area contributed by atoms with Crippen molar-refractivity contribution in [1.82, 2.24) is 15.2 Å². The molecule has 1 aliphatic heterocycles. The van der Waals surface area contributed by atoms with E-state index in [0.29, 0.717) is 28.0 Å². The second-order valence-corrected chi connectivity index (χ2v) is 10.5. The number of benzene rings is 2. The van der Waals surface area contributed by atoms with Crippen LogP contribution < -0.4 is 10.1 Å². The second-order valence-electron chi connectivity index (χ2n) is 9.65. The van der Waals surface area contributed by atoms with Gasteiger partial charge in [0.2, 0.25) is 0 Å². The minimum Gasteiger partial charge on any atom is -0.496 e. The highest BCUT2D eigenvalue weighted by molar-refractivity contribution is 6.42. The van der Waals surface area contributed by atoms with E-state index in [9.17, 15) is 9.59 Å². The van der Waals surface area contributed by atoms with Gasteiger partial charge in [-0.25, -0.2) is 0 Å². The fourth-order valence-corrected chi connectivity index (χ4v) is 5.37. The molecular weight excluding hydrogens is 525 g/mol. The van der Waals surface area contributed by atoms with E-state index in [1.54, 1.807) is 25.3 Å². The lowest BCUT2D eigenvalue weighted by Crippen LogP contribution is -2.50. The number of nitrogens with zero attached hydrogens (tertiary/aromatic N) is 1. The first-order valence-corrected chi connectivity index (χ1v) is 14.0. The molecule has 4 rings (SSSR count). The summed E-state index contributed by atoms with van der Waals surface area (Å²) >= 11 is 12.3. The number of piperidine rings is 1. The van der Waals surface area contributed by atoms with Gasteiger partial charge in [0.25, 0.3) is 5.91 Å². The first-order chi connectivity index (χ1) is 18.3. The molecule has 0 spiro atoms. The number of unbranched alkanes of at least 4 members (excludes halogenated alkanes) is 1. The summed E-state index contributed by atoms with van der Waals surface area (Å²) in [6, 6.07) is 10.9. The summed E-state index contributed by atoms with van der Waals surface area (Å²) in [6.07, 6.45) is 4.38. The molecule has 1 saturated heterocycles. The number of rotatable bonds is 10. The molecule has 1 amide bonds. The van der Waals surface area contributed by atoms with Crippen molar-refractivity contribution in [2.45, 2.75) is 58.0 Å². The van der Waals surface area contributed by atoms with Crippen LogP contribution in [-0.4, -0.2) is 60.7 Å². The normalized spacial score (nSPS) is 15.4. The SMILES string of the molecule is CCCCC(C(=O)OCC)N1CCC(NC(=O)c2ccc(-c3cc4cc(Cl)c(Cl)cc4[nH]3)c(OC)c2)CC1. The standard InChI is InChI=1S/C29H35Cl2N3O4/c1-4-6-7-26(29(36)38-5-2)34-12-10-20(11-13-34)32-28(35)18-8-9-21(27(16-18)37-3)25-15-19-14-22(30)23(31)17-24(19)33-25/h8-9,14-17,20,26,33H,4-7,10-13H2,1-3H3,(H,32,35). The van der Waals surface area contributed by atoms with Crippen LogP contribution in [0.5, 0.6) is 5.75 Å². The van der Waals surface area contributed by atoms with Crippen molar-refractivity contribution in [3.05, 3.63) is 52.0 Å². The topological polar surface area (TPSA) is 83.7 Å². The molecule has 204 valence electrons. The molecule has 9 heteroatoms. The van der Waals surface area contributed by atoms with Crippen molar-refractivity contribution in [3.8, 4) is 17.0 Å². The molecule has 1 aromatic heterocycles. The van der Waals surface area contributed by atoms with E-state index in [1.807, 2.05) is 25.1 Å². The Balaban J connectivity index is 1.41. The summed E-state index contributed by atoms with van der Waals surface area (Å²) in [5.41, 5.74) is 3.07. The summed E-state index contributed by atoms with van der Waals surface area (Å²) in [5, 5.41) is 5.07. The monoisotopic (exact) mass is 559 g/mol. The highest BCUT2D eigenvalue weighted by Gasteiger charge is 2.31. The van der Waals surface area contributed by atoms with Gasteiger partial charge in [0, 0.05) is 41.2 Å². The number of aromatic amines is 1. The van der Waals surface area contributed by atoms with Crippen LogP contribution in [0.25, 0.3) is 22.2 Å². The average Bonchev–Trinajstić information content (AvgIpc) is 3.32. The molecule has 1 unspecified atom stereocenters. The Bertz CT molecular complexity index is 1250. The van der Waals surface area contributed by atoms with Gasteiger partial charge in [0.15, 0.2) is 0 Å². The Labute approximate surface area is 233 Å². The van der Waals surface area contributed by atoms with Crippen LogP contribution in [0.2, 0.25) is 10.0 Å². The maximum atomic E-state index is 13.1. The summed E-state index contributed by atoms with van der Waals surface area (Å²) < 4.78 is 11.0. The van der Waals surface area contributed by atoms with E-state index in [1.165, 1.54) is 0 Å². The highest BCUT2D eigenvalue weighted by Crippen LogP contribution is 2.35. The minimum absolute atomic E-state index is 0.0432. The van der Waals surface area contributed by atoms with Crippen LogP contribution in [0.15, 0.2) is 36.4 Å². The summed E-state index contributed by atoms with van der Waals surface area (Å²) in [4.78, 5) is 31.2. The highest BCUT2D eigenvalue weighted by atomic mass is 35.5. The van der Waals surface area contributed by atoms with Crippen LogP contribution >= 0.6 is 23.2 Å². The van der Waals surface area contributed by atoms with E-state index >= 15 is 0 Å². The third-order valence-corrected chi connectivity index (χ3v) is 7.83. The zero-order chi connectivity index (χ0) is 27.2. The molecule has 7 nitrogen and oxygen atoms in total. The largest absolute Gasteiger partial charge is 0.496 e. The first kappa shape index (κ1) is 28.3. The van der Waals surface area contributed by atoms with Gasteiger partial charge in [0.1, 0.15) is 11.8 Å². The van der Waals surface area contributed by atoms with Gasteiger partial charge >= 0.3 is 5.97 Å². The van der Waals surface area contributed by atoms with E-state index < -0.39 is 0 Å². The number of hydrogen-bond acceptors (Lipinski definition) is 5. The number of aromatic nitrogens is 1. The molecule has 38 heavy (non-hydrogen) atoms. The summed E-state index contributed by atoms with van der Waals surface area (Å²) in [6.45, 7) is 5.84. The van der Waals surface area contributed by atoms with Crippen LogP contribution in [0.4, 0.5) is 0 Å². The molecule has 0 saturated carbocycles. The number of likely N-dealkylation sites (tertiary alicyclic amines) is 1. The minimum atomic E-state index is -0.208. The Hall–Kier alpha value is -2.74. The molecular formula is C29H35Cl2N3O4. The fraction of sp³-hybridized carbons (Fsp3) is 0.448. The Kier molecular flexibility index (Phi) is 9.58. The van der Waals surface area contributed by atoms with Gasteiger partial charge < -0.3 is 19.8 Å². The number of hydrogen-bond donors (Lipinski definition) is 2. The Morgan fingerprint density at radius 1 is 1.11 bits per heavy atom. The zero-order valence-corrected chi connectivity index (χ0v) is 23.6. The van der Waals surface area contributed by atoms with Crippen LogP contribution in [0.3, 0.4) is 0 Å². The number of H-pyrrole nitrogens is 1. The number of fused-ring (bicyclic) bond motifs is 1. The van der Waals surface area contributed by atoms with Gasteiger partial charge in [-0.05, 0) is 62.6 Å². The lowest BCUT2D eigenvalue weighted by molar-refractivity contribution is -0.150. The molecule has 2 aromatic carbocycles. The van der Waals surface area contributed by atoms with E-state index in [4.69, 9.17) is 32.7 Å². The van der Waals surface area contributed by atoms with Gasteiger partial charge in [-0.15, -0.1) is 0 Å². The molecule has 0 aliphatic carbocycles. The van der Waals surface area contributed by atoms with Gasteiger partial charge in [-0.2, -0.15) is 0 Å². The molecule has 0 bridgehead atoms. The molecule has 2 N–H and O–H groups in total. The smallest absolute Gasteiger partial charge is 0.323 e. The maximum Gasteiger partial charge on any atom is 0.323 e. The molecule has 1 fully saturated rings. The van der Waals surface area contributed by atoms with Gasteiger partial charge in [-0.3, -0.25) is 14.5 Å². The van der Waals surface area contributed by atoms with Crippen LogP contribution in [-0.2, 0) is 9.53 Å². The number of methoxy groups -OCH3 is 1. The lowest BCUT2D eigenvalue weighted by atomic mass is 10.00. The molecule has 3 aromatic rings. The number of nitrogens with one attached hydrogen (secondary N) is 2. The van der Waals surface area contributed by atoms with Crippen molar-refractivity contribution in [3.63, 3.8) is 0 Å². The quantitative estimate of drug-likeness (QED) is 0.278. The number of carbonyl (C=O) groups is 2. The predicted molar refractivity (Wildman–Crippen MR) is 152 cm³/mol. The van der Waals surface area contributed by atoms with Crippen molar-refractivity contribution in [2.75, 3.05) is 26.8 Å². The molecule has 2 heterocycles. The second kappa shape index (κ2) is 12.9. The fourth-order valence-electron chi connectivity index (χ4n) is 5.04. The molecule has 1 atom stereocenters. The number of ether oxygens (including phenoxy) is 2. The average molecular weight is 561 g/mol. The third kappa shape index (κ3) is 6.45. The van der Waals surface area contributed by atoms with E-state index in [2.05, 4.69) is 22.1 Å². The number of amides is 1. The molecule has 0 radical (unpaired) electrons. The molecule has 1 aliphatic rings. The van der Waals surface area contributed by atoms with Gasteiger partial charge in [-0.1, -0.05) is 43.0 Å². The van der Waals surface area contributed by atoms with E-state index in [-0.39, 0.29) is 24.0 Å². The van der Waals surface area contributed by atoms with Crippen LogP contribution in [0.1, 0.15) is 56.3 Å². The predicted octanol–water partition coefficient (Wildman–Crippen LogP) is 6.47. The lowest BCUT2D eigenvalue weighted by Gasteiger charge is -2.36. The first-order valence-electron chi connectivity index (χ1n) is 13.2.